The molecule has 1 unspecified atom stereocenters. The number of nitrogens with one attached hydrogen (secondary N) is 1. The summed E-state index contributed by atoms with van der Waals surface area (Å²) in [6.45, 7) is 4.66. The Morgan fingerprint density at radius 2 is 1.86 bits per heavy atom. The molecule has 0 spiro atoms. The summed E-state index contributed by atoms with van der Waals surface area (Å²) in [6, 6.07) is 6.27. The van der Waals surface area contributed by atoms with E-state index in [4.69, 9.17) is 23.2 Å². The minimum atomic E-state index is 0.411. The Hall–Kier alpha value is -0.240. The summed E-state index contributed by atoms with van der Waals surface area (Å²) in [7, 11) is 2.09. The van der Waals surface area contributed by atoms with Crippen LogP contribution in [0.1, 0.15) is 51.5 Å². The van der Waals surface area contributed by atoms with Gasteiger partial charge in [-0.1, -0.05) is 49.9 Å². The number of likely N-dealkylation sites (N-methyl/N-ethyl adjacent to an activating group) is 1. The quantitative estimate of drug-likeness (QED) is 0.703. The highest BCUT2D eigenvalue weighted by atomic mass is 35.5. The Balaban J connectivity index is 2.22. The molecule has 1 saturated carbocycles. The molecule has 1 nitrogen and oxygen atoms in total. The van der Waals surface area contributed by atoms with Gasteiger partial charge in [0.25, 0.3) is 0 Å². The average Bonchev–Trinajstić information content (AvgIpc) is 2.88. The summed E-state index contributed by atoms with van der Waals surface area (Å²) in [5.74, 6) is 0.730. The first-order valence-electron chi connectivity index (χ1n) is 8.08. The maximum Gasteiger partial charge on any atom is 0.0439 e. The maximum atomic E-state index is 6.37. The van der Waals surface area contributed by atoms with Gasteiger partial charge in [-0.05, 0) is 67.8 Å². The van der Waals surface area contributed by atoms with E-state index in [1.807, 2.05) is 18.2 Å². The van der Waals surface area contributed by atoms with Gasteiger partial charge in [-0.25, -0.2) is 0 Å². The molecule has 1 aliphatic rings. The van der Waals surface area contributed by atoms with Gasteiger partial charge in [0.15, 0.2) is 0 Å². The SMILES string of the molecule is CNC(Cc1cc(Cl)ccc1Cl)C1(CC(C)C)CCCC1. The number of benzene rings is 1. The van der Waals surface area contributed by atoms with E-state index in [0.29, 0.717) is 11.5 Å². The molecule has 2 rings (SSSR count). The van der Waals surface area contributed by atoms with Crippen LogP contribution in [0.3, 0.4) is 0 Å². The molecule has 0 aliphatic heterocycles. The van der Waals surface area contributed by atoms with Crippen LogP contribution in [0.2, 0.25) is 10.0 Å². The molecular formula is C18H27Cl2N. The van der Waals surface area contributed by atoms with Gasteiger partial charge in [-0.2, -0.15) is 0 Å². The molecule has 0 amide bonds. The number of hydrogen-bond donors (Lipinski definition) is 1. The third kappa shape index (κ3) is 4.15. The van der Waals surface area contributed by atoms with Crippen LogP contribution in [0, 0.1) is 11.3 Å². The predicted octanol–water partition coefficient (Wildman–Crippen LogP) is 5.73. The number of halogens is 2. The third-order valence-corrected chi connectivity index (χ3v) is 5.54. The lowest BCUT2D eigenvalue weighted by molar-refractivity contribution is 0.160. The van der Waals surface area contributed by atoms with Crippen LogP contribution in [0.25, 0.3) is 0 Å². The van der Waals surface area contributed by atoms with Crippen molar-refractivity contribution in [1.29, 1.82) is 0 Å². The van der Waals surface area contributed by atoms with E-state index in [0.717, 1.165) is 22.4 Å². The van der Waals surface area contributed by atoms with E-state index >= 15 is 0 Å². The number of hydrogen-bond acceptors (Lipinski definition) is 1. The minimum absolute atomic E-state index is 0.411. The van der Waals surface area contributed by atoms with E-state index in [1.54, 1.807) is 0 Å². The lowest BCUT2D eigenvalue weighted by Gasteiger charge is -2.39. The van der Waals surface area contributed by atoms with Crippen LogP contribution in [0.5, 0.6) is 0 Å². The first kappa shape index (κ1) is 17.1. The zero-order chi connectivity index (χ0) is 15.5. The van der Waals surface area contributed by atoms with Gasteiger partial charge in [0.2, 0.25) is 0 Å². The van der Waals surface area contributed by atoms with Crippen molar-refractivity contribution in [3.63, 3.8) is 0 Å². The van der Waals surface area contributed by atoms with Crippen molar-refractivity contribution < 1.29 is 0 Å². The summed E-state index contributed by atoms with van der Waals surface area (Å²) in [4.78, 5) is 0. The van der Waals surface area contributed by atoms with Gasteiger partial charge in [-0.3, -0.25) is 0 Å². The van der Waals surface area contributed by atoms with Gasteiger partial charge >= 0.3 is 0 Å². The second-order valence-electron chi connectivity index (χ2n) is 6.95. The van der Waals surface area contributed by atoms with Gasteiger partial charge in [0, 0.05) is 16.1 Å². The Labute approximate surface area is 139 Å². The number of rotatable bonds is 6. The molecule has 1 aromatic carbocycles. The van der Waals surface area contributed by atoms with Gasteiger partial charge in [-0.15, -0.1) is 0 Å². The highest BCUT2D eigenvalue weighted by Gasteiger charge is 2.40. The monoisotopic (exact) mass is 327 g/mol. The normalized spacial score (nSPS) is 19.1. The van der Waals surface area contributed by atoms with Crippen molar-refractivity contribution in [1.82, 2.24) is 5.32 Å². The smallest absolute Gasteiger partial charge is 0.0439 e. The van der Waals surface area contributed by atoms with Crippen LogP contribution in [0.4, 0.5) is 0 Å². The molecule has 1 aliphatic carbocycles. The topological polar surface area (TPSA) is 12.0 Å². The predicted molar refractivity (Wildman–Crippen MR) is 93.4 cm³/mol. The van der Waals surface area contributed by atoms with Crippen LogP contribution in [0.15, 0.2) is 18.2 Å². The van der Waals surface area contributed by atoms with Gasteiger partial charge in [0.05, 0.1) is 0 Å². The van der Waals surface area contributed by atoms with Crippen LogP contribution >= 0.6 is 23.2 Å². The van der Waals surface area contributed by atoms with Crippen molar-refractivity contribution in [2.75, 3.05) is 7.05 Å². The van der Waals surface area contributed by atoms with Crippen LogP contribution in [-0.4, -0.2) is 13.1 Å². The van der Waals surface area contributed by atoms with E-state index in [2.05, 4.69) is 26.2 Å². The highest BCUT2D eigenvalue weighted by Crippen LogP contribution is 2.47. The fraction of sp³-hybridized carbons (Fsp3) is 0.667. The zero-order valence-electron chi connectivity index (χ0n) is 13.4. The molecule has 1 fully saturated rings. The zero-order valence-corrected chi connectivity index (χ0v) is 14.9. The van der Waals surface area contributed by atoms with Crippen LogP contribution in [-0.2, 0) is 6.42 Å². The lowest BCUT2D eigenvalue weighted by Crippen LogP contribution is -2.44. The molecule has 0 heterocycles. The molecule has 3 heteroatoms. The molecule has 1 N–H and O–H groups in total. The molecular weight excluding hydrogens is 301 g/mol. The Kier molecular flexibility index (Phi) is 5.99. The Morgan fingerprint density at radius 1 is 1.19 bits per heavy atom. The maximum absolute atomic E-state index is 6.37. The Bertz CT molecular complexity index is 464. The van der Waals surface area contributed by atoms with E-state index in [1.165, 1.54) is 37.7 Å². The van der Waals surface area contributed by atoms with Crippen molar-refractivity contribution in [3.8, 4) is 0 Å². The molecule has 0 saturated heterocycles. The molecule has 1 aromatic rings. The van der Waals surface area contributed by atoms with E-state index < -0.39 is 0 Å². The summed E-state index contributed by atoms with van der Waals surface area (Å²) >= 11 is 12.5. The first-order valence-corrected chi connectivity index (χ1v) is 8.83. The van der Waals surface area contributed by atoms with Crippen molar-refractivity contribution in [3.05, 3.63) is 33.8 Å². The highest BCUT2D eigenvalue weighted by molar-refractivity contribution is 6.33. The molecule has 0 aromatic heterocycles. The summed E-state index contributed by atoms with van der Waals surface area (Å²) in [5.41, 5.74) is 1.58. The van der Waals surface area contributed by atoms with Gasteiger partial charge in [0.1, 0.15) is 0 Å². The largest absolute Gasteiger partial charge is 0.316 e. The van der Waals surface area contributed by atoms with Crippen molar-refractivity contribution in [2.24, 2.45) is 11.3 Å². The summed E-state index contributed by atoms with van der Waals surface area (Å²) < 4.78 is 0. The molecule has 118 valence electrons. The lowest BCUT2D eigenvalue weighted by atomic mass is 9.71. The van der Waals surface area contributed by atoms with Crippen molar-refractivity contribution in [2.45, 2.75) is 58.4 Å². The fourth-order valence-electron chi connectivity index (χ4n) is 4.13. The second-order valence-corrected chi connectivity index (χ2v) is 7.79. The summed E-state index contributed by atoms with van der Waals surface area (Å²) in [6.07, 6.45) is 7.62. The van der Waals surface area contributed by atoms with E-state index in [9.17, 15) is 0 Å². The molecule has 0 radical (unpaired) electrons. The first-order chi connectivity index (χ1) is 9.97. The minimum Gasteiger partial charge on any atom is -0.316 e. The van der Waals surface area contributed by atoms with E-state index in [-0.39, 0.29) is 0 Å². The summed E-state index contributed by atoms with van der Waals surface area (Å²) in [5, 5.41) is 5.19. The fourth-order valence-corrected chi connectivity index (χ4v) is 4.52. The third-order valence-electron chi connectivity index (χ3n) is 4.93. The Morgan fingerprint density at radius 3 is 2.43 bits per heavy atom. The average molecular weight is 328 g/mol. The van der Waals surface area contributed by atoms with Crippen LogP contribution < -0.4 is 5.32 Å². The molecule has 21 heavy (non-hydrogen) atoms. The second kappa shape index (κ2) is 7.35. The van der Waals surface area contributed by atoms with Gasteiger partial charge < -0.3 is 5.32 Å². The standard InChI is InChI=1S/C18H27Cl2N/c1-13(2)12-18(8-4-5-9-18)17(21-3)11-14-10-15(19)6-7-16(14)20/h6-7,10,13,17,21H,4-5,8-9,11-12H2,1-3H3. The van der Waals surface area contributed by atoms with Crippen molar-refractivity contribution >= 4 is 23.2 Å². The molecule has 0 bridgehead atoms. The molecule has 1 atom stereocenters.